The predicted molar refractivity (Wildman–Crippen MR) is 85.3 cm³/mol. The van der Waals surface area contributed by atoms with Crippen molar-refractivity contribution >= 4 is 11.8 Å². The summed E-state index contributed by atoms with van der Waals surface area (Å²) in [4.78, 5) is 8.93. The summed E-state index contributed by atoms with van der Waals surface area (Å²) in [6, 6.07) is 4.10. The molecular formula is C15H21N7O. The van der Waals surface area contributed by atoms with E-state index in [4.69, 9.17) is 4.74 Å². The van der Waals surface area contributed by atoms with Crippen LogP contribution >= 0.6 is 0 Å². The molecule has 1 fully saturated rings. The number of ether oxygens (including phenoxy) is 1. The Labute approximate surface area is 135 Å². The maximum atomic E-state index is 5.46. The molecule has 0 saturated carbocycles. The highest BCUT2D eigenvalue weighted by Gasteiger charge is 2.24. The van der Waals surface area contributed by atoms with Crippen LogP contribution in [0.15, 0.2) is 18.3 Å². The van der Waals surface area contributed by atoms with Crippen molar-refractivity contribution in [3.05, 3.63) is 23.9 Å². The summed E-state index contributed by atoms with van der Waals surface area (Å²) >= 11 is 0. The topological polar surface area (TPSA) is 72.2 Å². The van der Waals surface area contributed by atoms with E-state index in [9.17, 15) is 0 Å². The van der Waals surface area contributed by atoms with Crippen LogP contribution in [-0.2, 0) is 17.8 Å². The summed E-state index contributed by atoms with van der Waals surface area (Å²) in [6.45, 7) is 4.99. The molecule has 0 aliphatic carbocycles. The Morgan fingerprint density at radius 1 is 1.35 bits per heavy atom. The molecule has 0 N–H and O–H groups in total. The first-order valence-corrected chi connectivity index (χ1v) is 8.05. The quantitative estimate of drug-likeness (QED) is 0.819. The monoisotopic (exact) mass is 315 g/mol. The van der Waals surface area contributed by atoms with E-state index in [0.29, 0.717) is 5.92 Å². The Morgan fingerprint density at radius 3 is 3.17 bits per heavy atom. The van der Waals surface area contributed by atoms with Gasteiger partial charge >= 0.3 is 0 Å². The number of nitrogens with zero attached hydrogens (tertiary/aromatic N) is 7. The van der Waals surface area contributed by atoms with Gasteiger partial charge in [-0.05, 0) is 22.9 Å². The fraction of sp³-hybridized carbons (Fsp3) is 0.600. The minimum Gasteiger partial charge on any atom is -0.381 e. The van der Waals surface area contributed by atoms with Crippen LogP contribution in [0.2, 0.25) is 0 Å². The third kappa shape index (κ3) is 2.86. The van der Waals surface area contributed by atoms with E-state index in [1.165, 1.54) is 5.56 Å². The van der Waals surface area contributed by atoms with E-state index in [1.54, 1.807) is 0 Å². The van der Waals surface area contributed by atoms with Gasteiger partial charge in [-0.15, -0.1) is 0 Å². The van der Waals surface area contributed by atoms with Gasteiger partial charge in [0.25, 0.3) is 0 Å². The van der Waals surface area contributed by atoms with Gasteiger partial charge in [-0.3, -0.25) is 0 Å². The zero-order chi connectivity index (χ0) is 15.6. The van der Waals surface area contributed by atoms with Crippen molar-refractivity contribution in [3.63, 3.8) is 0 Å². The number of hydrogen-bond donors (Lipinski definition) is 0. The highest BCUT2D eigenvalue weighted by molar-refractivity contribution is 5.50. The fourth-order valence-corrected chi connectivity index (χ4v) is 3.25. The van der Waals surface area contributed by atoms with Crippen LogP contribution in [-0.4, -0.2) is 58.5 Å². The molecule has 1 saturated heterocycles. The Kier molecular flexibility index (Phi) is 3.82. The fourth-order valence-electron chi connectivity index (χ4n) is 3.25. The van der Waals surface area contributed by atoms with Crippen molar-refractivity contribution in [1.29, 1.82) is 0 Å². The van der Waals surface area contributed by atoms with E-state index in [0.717, 1.165) is 57.6 Å². The van der Waals surface area contributed by atoms with Crippen molar-refractivity contribution < 1.29 is 4.74 Å². The van der Waals surface area contributed by atoms with Crippen LogP contribution in [0.1, 0.15) is 12.0 Å². The Hall–Kier alpha value is -2.22. The molecule has 4 rings (SSSR count). The van der Waals surface area contributed by atoms with E-state index in [1.807, 2.05) is 16.9 Å². The maximum Gasteiger partial charge on any atom is 0.245 e. The molecule has 2 aromatic rings. The third-order valence-corrected chi connectivity index (χ3v) is 4.55. The smallest absolute Gasteiger partial charge is 0.245 e. The van der Waals surface area contributed by atoms with Gasteiger partial charge in [-0.1, -0.05) is 11.2 Å². The molecule has 2 aliphatic heterocycles. The molecule has 0 amide bonds. The third-order valence-electron chi connectivity index (χ3n) is 4.55. The standard InChI is InChI=1S/C15H21N7O/c1-20-6-7-21(10-13-3-2-5-16-14(13)20)15-17-18-19-22(15)9-12-4-8-23-11-12/h2-3,5,12H,4,6-11H2,1H3/t12-/m1/s1. The number of fused-ring (bicyclic) bond motifs is 1. The van der Waals surface area contributed by atoms with Crippen LogP contribution in [0.4, 0.5) is 11.8 Å². The normalized spacial score (nSPS) is 21.3. The molecule has 8 heteroatoms. The number of tetrazole rings is 1. The molecule has 23 heavy (non-hydrogen) atoms. The maximum absolute atomic E-state index is 5.46. The zero-order valence-electron chi connectivity index (χ0n) is 13.3. The van der Waals surface area contributed by atoms with Gasteiger partial charge in [-0.25, -0.2) is 9.67 Å². The molecule has 1 atom stereocenters. The van der Waals surface area contributed by atoms with Gasteiger partial charge in [0.1, 0.15) is 5.82 Å². The Balaban J connectivity index is 1.58. The van der Waals surface area contributed by atoms with Crippen molar-refractivity contribution in [2.45, 2.75) is 19.5 Å². The Morgan fingerprint density at radius 2 is 2.30 bits per heavy atom. The highest BCUT2D eigenvalue weighted by atomic mass is 16.5. The average molecular weight is 315 g/mol. The summed E-state index contributed by atoms with van der Waals surface area (Å²) < 4.78 is 7.38. The minimum atomic E-state index is 0.501. The lowest BCUT2D eigenvalue weighted by molar-refractivity contribution is 0.181. The van der Waals surface area contributed by atoms with Crippen LogP contribution in [0.3, 0.4) is 0 Å². The molecule has 2 aliphatic rings. The number of rotatable bonds is 3. The lowest BCUT2D eigenvalue weighted by Gasteiger charge is -2.21. The van der Waals surface area contributed by atoms with Crippen molar-refractivity contribution in [3.8, 4) is 0 Å². The van der Waals surface area contributed by atoms with Crippen LogP contribution in [0.25, 0.3) is 0 Å². The van der Waals surface area contributed by atoms with Gasteiger partial charge in [0, 0.05) is 51.0 Å². The summed E-state index contributed by atoms with van der Waals surface area (Å²) in [6.07, 6.45) is 2.92. The molecule has 0 unspecified atom stereocenters. The zero-order valence-corrected chi connectivity index (χ0v) is 13.3. The number of hydrogen-bond acceptors (Lipinski definition) is 7. The molecule has 8 nitrogen and oxygen atoms in total. The predicted octanol–water partition coefficient (Wildman–Crippen LogP) is 0.561. The molecule has 0 spiro atoms. The highest BCUT2D eigenvalue weighted by Crippen LogP contribution is 2.24. The molecule has 0 bridgehead atoms. The molecule has 2 aromatic heterocycles. The summed E-state index contributed by atoms with van der Waals surface area (Å²) in [5.41, 5.74) is 1.20. The average Bonchev–Trinajstić information content (AvgIpc) is 3.21. The molecular weight excluding hydrogens is 294 g/mol. The van der Waals surface area contributed by atoms with Gasteiger partial charge in [-0.2, -0.15) is 0 Å². The second-order valence-corrected chi connectivity index (χ2v) is 6.22. The van der Waals surface area contributed by atoms with Crippen molar-refractivity contribution in [1.82, 2.24) is 25.2 Å². The largest absolute Gasteiger partial charge is 0.381 e. The molecule has 0 radical (unpaired) electrons. The number of aromatic nitrogens is 5. The van der Waals surface area contributed by atoms with Gasteiger partial charge in [0.05, 0.1) is 13.2 Å². The van der Waals surface area contributed by atoms with E-state index >= 15 is 0 Å². The first kappa shape index (κ1) is 14.4. The molecule has 122 valence electrons. The summed E-state index contributed by atoms with van der Waals surface area (Å²) in [5, 5.41) is 12.4. The second kappa shape index (κ2) is 6.11. The van der Waals surface area contributed by atoms with E-state index in [-0.39, 0.29) is 0 Å². The van der Waals surface area contributed by atoms with Crippen molar-refractivity contribution in [2.75, 3.05) is 43.2 Å². The van der Waals surface area contributed by atoms with Gasteiger partial charge in [0.15, 0.2) is 0 Å². The minimum absolute atomic E-state index is 0.501. The number of pyridine rings is 1. The lowest BCUT2D eigenvalue weighted by Crippen LogP contribution is -2.32. The van der Waals surface area contributed by atoms with Crippen molar-refractivity contribution in [2.24, 2.45) is 5.92 Å². The summed E-state index contributed by atoms with van der Waals surface area (Å²) in [7, 11) is 2.08. The van der Waals surface area contributed by atoms with E-state index < -0.39 is 0 Å². The summed E-state index contributed by atoms with van der Waals surface area (Å²) in [5.74, 6) is 2.38. The lowest BCUT2D eigenvalue weighted by atomic mass is 10.1. The van der Waals surface area contributed by atoms with Crippen LogP contribution < -0.4 is 9.80 Å². The van der Waals surface area contributed by atoms with E-state index in [2.05, 4.69) is 43.4 Å². The molecule has 4 heterocycles. The number of anilines is 2. The van der Waals surface area contributed by atoms with Gasteiger partial charge < -0.3 is 14.5 Å². The Bertz CT molecular complexity index is 667. The SMILES string of the molecule is CN1CCN(c2nnnn2C[C@H]2CCOC2)Cc2cccnc21. The second-order valence-electron chi connectivity index (χ2n) is 6.22. The number of likely N-dealkylation sites (N-methyl/N-ethyl adjacent to an activating group) is 1. The van der Waals surface area contributed by atoms with Crippen LogP contribution in [0.5, 0.6) is 0 Å². The molecule has 0 aromatic carbocycles. The van der Waals surface area contributed by atoms with Crippen LogP contribution in [0, 0.1) is 5.92 Å². The first-order valence-electron chi connectivity index (χ1n) is 8.05. The van der Waals surface area contributed by atoms with Gasteiger partial charge in [0.2, 0.25) is 5.95 Å². The first-order chi connectivity index (χ1) is 11.3.